The molecule has 0 bridgehead atoms. The standard InChI is InChI=1S/C11H19N5S/c1-8-9(2)17-4-3-16(8)7-10-5-14-11(15-12)6-13-10/h5-6,8-9H,3-4,7,12H2,1-2H3,(H,14,15). The lowest BCUT2D eigenvalue weighted by atomic mass is 10.2. The van der Waals surface area contributed by atoms with E-state index in [1.54, 1.807) is 12.4 Å². The van der Waals surface area contributed by atoms with Gasteiger partial charge in [0.05, 0.1) is 18.1 Å². The van der Waals surface area contributed by atoms with E-state index in [4.69, 9.17) is 5.84 Å². The lowest BCUT2D eigenvalue weighted by molar-refractivity contribution is 0.202. The number of nitrogens with zero attached hydrogens (tertiary/aromatic N) is 3. The number of nitrogen functional groups attached to an aromatic ring is 1. The molecule has 0 radical (unpaired) electrons. The van der Waals surface area contributed by atoms with Gasteiger partial charge in [-0.05, 0) is 6.92 Å². The third kappa shape index (κ3) is 3.08. The first kappa shape index (κ1) is 12.6. The highest BCUT2D eigenvalue weighted by Gasteiger charge is 2.25. The quantitative estimate of drug-likeness (QED) is 0.621. The number of hydrogen-bond donors (Lipinski definition) is 2. The van der Waals surface area contributed by atoms with Crippen molar-refractivity contribution >= 4 is 17.6 Å². The first-order chi connectivity index (χ1) is 8.20. The monoisotopic (exact) mass is 253 g/mol. The van der Waals surface area contributed by atoms with Crippen LogP contribution >= 0.6 is 11.8 Å². The second-order valence-electron chi connectivity index (χ2n) is 4.32. The third-order valence-corrected chi connectivity index (χ3v) is 4.57. The molecular weight excluding hydrogens is 234 g/mol. The summed E-state index contributed by atoms with van der Waals surface area (Å²) in [6.07, 6.45) is 3.45. The molecule has 94 valence electrons. The summed E-state index contributed by atoms with van der Waals surface area (Å²) in [5.74, 6) is 7.06. The molecule has 1 aliphatic rings. The van der Waals surface area contributed by atoms with Crippen molar-refractivity contribution in [2.45, 2.75) is 31.7 Å². The fraction of sp³-hybridized carbons (Fsp3) is 0.636. The molecule has 3 N–H and O–H groups in total. The molecule has 0 spiro atoms. The number of aromatic nitrogens is 2. The Morgan fingerprint density at radius 1 is 1.47 bits per heavy atom. The maximum Gasteiger partial charge on any atom is 0.158 e. The Hall–Kier alpha value is -0.850. The highest BCUT2D eigenvalue weighted by atomic mass is 32.2. The van der Waals surface area contributed by atoms with Crippen molar-refractivity contribution in [1.82, 2.24) is 14.9 Å². The van der Waals surface area contributed by atoms with Crippen LogP contribution in [0.4, 0.5) is 5.82 Å². The number of anilines is 1. The molecule has 1 aromatic rings. The van der Waals surface area contributed by atoms with E-state index in [0.717, 1.165) is 18.8 Å². The Balaban J connectivity index is 1.99. The number of thioether (sulfide) groups is 1. The minimum absolute atomic E-state index is 0.586. The Kier molecular flexibility index (Phi) is 4.20. The molecule has 5 nitrogen and oxygen atoms in total. The van der Waals surface area contributed by atoms with Crippen molar-refractivity contribution in [2.75, 3.05) is 17.7 Å². The number of hydrogen-bond acceptors (Lipinski definition) is 6. The van der Waals surface area contributed by atoms with E-state index >= 15 is 0 Å². The van der Waals surface area contributed by atoms with Crippen LogP contribution in [-0.4, -0.2) is 38.5 Å². The van der Waals surface area contributed by atoms with Crippen molar-refractivity contribution in [3.63, 3.8) is 0 Å². The van der Waals surface area contributed by atoms with Crippen LogP contribution in [0.5, 0.6) is 0 Å². The van der Waals surface area contributed by atoms with Crippen LogP contribution in [0.3, 0.4) is 0 Å². The number of hydrazine groups is 1. The Bertz CT molecular complexity index is 355. The first-order valence-electron chi connectivity index (χ1n) is 5.84. The zero-order valence-electron chi connectivity index (χ0n) is 10.3. The lowest BCUT2D eigenvalue weighted by Gasteiger charge is -2.37. The van der Waals surface area contributed by atoms with Gasteiger partial charge in [0.15, 0.2) is 5.82 Å². The molecule has 1 fully saturated rings. The second-order valence-corrected chi connectivity index (χ2v) is 5.81. The lowest BCUT2D eigenvalue weighted by Crippen LogP contribution is -2.44. The normalized spacial score (nSPS) is 25.8. The molecule has 2 atom stereocenters. The van der Waals surface area contributed by atoms with Crippen LogP contribution in [0.25, 0.3) is 0 Å². The van der Waals surface area contributed by atoms with Crippen molar-refractivity contribution in [1.29, 1.82) is 0 Å². The fourth-order valence-corrected chi connectivity index (χ4v) is 3.10. The van der Waals surface area contributed by atoms with Crippen molar-refractivity contribution < 1.29 is 0 Å². The van der Waals surface area contributed by atoms with Gasteiger partial charge in [-0.1, -0.05) is 6.92 Å². The van der Waals surface area contributed by atoms with Gasteiger partial charge >= 0.3 is 0 Å². The minimum Gasteiger partial charge on any atom is -0.307 e. The van der Waals surface area contributed by atoms with Crippen LogP contribution in [0.2, 0.25) is 0 Å². The van der Waals surface area contributed by atoms with Crippen molar-refractivity contribution in [3.8, 4) is 0 Å². The van der Waals surface area contributed by atoms with Gasteiger partial charge in [0, 0.05) is 30.1 Å². The van der Waals surface area contributed by atoms with Gasteiger partial charge in [0.2, 0.25) is 0 Å². The minimum atomic E-state index is 0.586. The SMILES string of the molecule is CC1SCCN(Cc2cnc(NN)cn2)C1C. The summed E-state index contributed by atoms with van der Waals surface area (Å²) in [6, 6.07) is 0.586. The average Bonchev–Trinajstić information content (AvgIpc) is 2.36. The van der Waals surface area contributed by atoms with Crippen LogP contribution < -0.4 is 11.3 Å². The molecule has 2 rings (SSSR count). The van der Waals surface area contributed by atoms with Crippen molar-refractivity contribution in [3.05, 3.63) is 18.1 Å². The predicted molar refractivity (Wildman–Crippen MR) is 71.6 cm³/mol. The van der Waals surface area contributed by atoms with E-state index in [1.165, 1.54) is 5.75 Å². The van der Waals surface area contributed by atoms with Crippen molar-refractivity contribution in [2.24, 2.45) is 5.84 Å². The zero-order valence-corrected chi connectivity index (χ0v) is 11.1. The molecule has 0 saturated carbocycles. The van der Waals surface area contributed by atoms with Gasteiger partial charge in [-0.3, -0.25) is 9.88 Å². The third-order valence-electron chi connectivity index (χ3n) is 3.23. The van der Waals surface area contributed by atoms with E-state index in [1.807, 2.05) is 11.8 Å². The van der Waals surface area contributed by atoms with E-state index < -0.39 is 0 Å². The van der Waals surface area contributed by atoms with Gasteiger partial charge in [-0.15, -0.1) is 0 Å². The van der Waals surface area contributed by atoms with Crippen LogP contribution in [0, 0.1) is 0 Å². The molecule has 1 aliphatic heterocycles. The summed E-state index contributed by atoms with van der Waals surface area (Å²) in [4.78, 5) is 11.0. The Morgan fingerprint density at radius 2 is 2.29 bits per heavy atom. The smallest absolute Gasteiger partial charge is 0.158 e. The highest BCUT2D eigenvalue weighted by molar-refractivity contribution is 8.00. The second kappa shape index (κ2) is 5.66. The Morgan fingerprint density at radius 3 is 2.94 bits per heavy atom. The van der Waals surface area contributed by atoms with Gasteiger partial charge in [0.25, 0.3) is 0 Å². The summed E-state index contributed by atoms with van der Waals surface area (Å²) >= 11 is 2.04. The van der Waals surface area contributed by atoms with E-state index in [0.29, 0.717) is 17.1 Å². The fourth-order valence-electron chi connectivity index (χ4n) is 1.94. The Labute approximate surface area is 106 Å². The van der Waals surface area contributed by atoms with Gasteiger partial charge in [0.1, 0.15) is 0 Å². The van der Waals surface area contributed by atoms with Gasteiger partial charge in [-0.25, -0.2) is 10.8 Å². The predicted octanol–water partition coefficient (Wildman–Crippen LogP) is 1.09. The number of nitrogens with one attached hydrogen (secondary N) is 1. The van der Waals surface area contributed by atoms with Gasteiger partial charge < -0.3 is 5.43 Å². The molecular formula is C11H19N5S. The van der Waals surface area contributed by atoms with E-state index in [9.17, 15) is 0 Å². The van der Waals surface area contributed by atoms with Crippen LogP contribution in [-0.2, 0) is 6.54 Å². The maximum absolute atomic E-state index is 5.26. The molecule has 6 heteroatoms. The summed E-state index contributed by atoms with van der Waals surface area (Å²) in [7, 11) is 0. The van der Waals surface area contributed by atoms with Gasteiger partial charge in [-0.2, -0.15) is 11.8 Å². The molecule has 1 aromatic heterocycles. The number of rotatable bonds is 3. The summed E-state index contributed by atoms with van der Waals surface area (Å²) in [6.45, 7) is 6.55. The summed E-state index contributed by atoms with van der Waals surface area (Å²) in [5, 5.41) is 0.682. The molecule has 17 heavy (non-hydrogen) atoms. The molecule has 2 unspecified atom stereocenters. The van der Waals surface area contributed by atoms with Crippen LogP contribution in [0.15, 0.2) is 12.4 Å². The molecule has 0 amide bonds. The topological polar surface area (TPSA) is 67.1 Å². The zero-order chi connectivity index (χ0) is 12.3. The highest BCUT2D eigenvalue weighted by Crippen LogP contribution is 2.25. The van der Waals surface area contributed by atoms with Crippen LogP contribution in [0.1, 0.15) is 19.5 Å². The maximum atomic E-state index is 5.26. The number of nitrogens with two attached hydrogens (primary N) is 1. The molecule has 2 heterocycles. The summed E-state index contributed by atoms with van der Waals surface area (Å²) < 4.78 is 0. The summed E-state index contributed by atoms with van der Waals surface area (Å²) in [5.41, 5.74) is 3.48. The molecule has 0 aromatic carbocycles. The average molecular weight is 253 g/mol. The van der Waals surface area contributed by atoms with E-state index in [-0.39, 0.29) is 0 Å². The molecule has 0 aliphatic carbocycles. The first-order valence-corrected chi connectivity index (χ1v) is 6.89. The largest absolute Gasteiger partial charge is 0.307 e. The van der Waals surface area contributed by atoms with E-state index in [2.05, 4.69) is 34.1 Å². The molecule has 1 saturated heterocycles.